The van der Waals surface area contributed by atoms with Gasteiger partial charge in [0.15, 0.2) is 0 Å². The van der Waals surface area contributed by atoms with E-state index in [1.165, 1.54) is 25.3 Å². The van der Waals surface area contributed by atoms with E-state index in [4.69, 9.17) is 27.9 Å². The van der Waals surface area contributed by atoms with Crippen LogP contribution >= 0.6 is 23.2 Å². The molecule has 2 aromatic carbocycles. The van der Waals surface area contributed by atoms with Crippen LogP contribution in [0.5, 0.6) is 0 Å². The number of methoxy groups -OCH3 is 1. The second kappa shape index (κ2) is 8.13. The fourth-order valence-electron chi connectivity index (χ4n) is 2.15. The normalized spacial score (nSPS) is 11.7. The van der Waals surface area contributed by atoms with Crippen molar-refractivity contribution in [3.05, 3.63) is 69.5 Å². The van der Waals surface area contributed by atoms with Gasteiger partial charge >= 0.3 is 5.97 Å². The van der Waals surface area contributed by atoms with Crippen molar-refractivity contribution in [1.29, 1.82) is 0 Å². The van der Waals surface area contributed by atoms with E-state index < -0.39 is 23.7 Å². The molecule has 2 aromatic rings. The van der Waals surface area contributed by atoms with Crippen LogP contribution in [0.15, 0.2) is 42.5 Å². The number of carbonyl (C=O) groups is 2. The monoisotopic (exact) mass is 369 g/mol. The Morgan fingerprint density at radius 1 is 1.12 bits per heavy atom. The van der Waals surface area contributed by atoms with Gasteiger partial charge < -0.3 is 10.1 Å². The molecule has 0 aromatic heterocycles. The van der Waals surface area contributed by atoms with E-state index in [-0.39, 0.29) is 12.0 Å². The van der Waals surface area contributed by atoms with Crippen molar-refractivity contribution in [2.75, 3.05) is 7.11 Å². The zero-order valence-electron chi connectivity index (χ0n) is 12.7. The smallest absolute Gasteiger partial charge is 0.328 e. The summed E-state index contributed by atoms with van der Waals surface area (Å²) in [5, 5.41) is 3.17. The van der Waals surface area contributed by atoms with E-state index in [2.05, 4.69) is 5.32 Å². The van der Waals surface area contributed by atoms with E-state index in [1.54, 1.807) is 18.2 Å². The largest absolute Gasteiger partial charge is 0.467 e. The van der Waals surface area contributed by atoms with Gasteiger partial charge in [-0.15, -0.1) is 0 Å². The molecule has 4 nitrogen and oxygen atoms in total. The van der Waals surface area contributed by atoms with Crippen LogP contribution in [0, 0.1) is 5.82 Å². The van der Waals surface area contributed by atoms with Crippen molar-refractivity contribution in [2.45, 2.75) is 12.5 Å². The first-order chi connectivity index (χ1) is 11.4. The third kappa shape index (κ3) is 4.24. The third-order valence-electron chi connectivity index (χ3n) is 3.38. The maximum atomic E-state index is 13.7. The summed E-state index contributed by atoms with van der Waals surface area (Å²) in [6.07, 6.45) is 0.0192. The molecule has 7 heteroatoms. The Labute approximate surface area is 148 Å². The molecule has 0 aliphatic rings. The first kappa shape index (κ1) is 18.2. The highest BCUT2D eigenvalue weighted by molar-refractivity contribution is 6.36. The summed E-state index contributed by atoms with van der Waals surface area (Å²) in [4.78, 5) is 24.2. The van der Waals surface area contributed by atoms with E-state index >= 15 is 0 Å². The van der Waals surface area contributed by atoms with Crippen molar-refractivity contribution in [3.63, 3.8) is 0 Å². The molecular formula is C17H14Cl2FNO3. The number of halogens is 3. The average molecular weight is 370 g/mol. The zero-order valence-corrected chi connectivity index (χ0v) is 14.2. The van der Waals surface area contributed by atoms with Crippen molar-refractivity contribution in [2.24, 2.45) is 0 Å². The number of esters is 1. The first-order valence-electron chi connectivity index (χ1n) is 7.00. The molecule has 24 heavy (non-hydrogen) atoms. The third-order valence-corrected chi connectivity index (χ3v) is 4.09. The summed E-state index contributed by atoms with van der Waals surface area (Å²) in [5.41, 5.74) is 0.321. The van der Waals surface area contributed by atoms with Crippen LogP contribution in [0.25, 0.3) is 0 Å². The molecule has 0 spiro atoms. The number of benzene rings is 2. The van der Waals surface area contributed by atoms with Gasteiger partial charge in [0.2, 0.25) is 0 Å². The highest BCUT2D eigenvalue weighted by atomic mass is 35.5. The lowest BCUT2D eigenvalue weighted by Crippen LogP contribution is -2.43. The highest BCUT2D eigenvalue weighted by Crippen LogP contribution is 2.25. The van der Waals surface area contributed by atoms with Crippen LogP contribution in [-0.4, -0.2) is 25.0 Å². The van der Waals surface area contributed by atoms with Gasteiger partial charge in [-0.25, -0.2) is 9.18 Å². The molecule has 0 radical (unpaired) electrons. The number of hydrogen-bond acceptors (Lipinski definition) is 3. The Balaban J connectivity index is 2.25. The fraction of sp³-hybridized carbons (Fsp3) is 0.176. The maximum absolute atomic E-state index is 13.7. The van der Waals surface area contributed by atoms with E-state index in [1.807, 2.05) is 0 Å². The first-order valence-corrected chi connectivity index (χ1v) is 7.75. The lowest BCUT2D eigenvalue weighted by atomic mass is 10.0. The van der Waals surface area contributed by atoms with Crippen LogP contribution < -0.4 is 5.32 Å². The van der Waals surface area contributed by atoms with Crippen molar-refractivity contribution in [1.82, 2.24) is 5.32 Å². The molecule has 2 rings (SSSR count). The van der Waals surface area contributed by atoms with Crippen LogP contribution in [-0.2, 0) is 16.0 Å². The number of amides is 1. The van der Waals surface area contributed by atoms with Gasteiger partial charge in [0.05, 0.1) is 12.7 Å². The number of rotatable bonds is 5. The lowest BCUT2D eigenvalue weighted by molar-refractivity contribution is -0.142. The SMILES string of the molecule is COC(=O)[C@@H](Cc1c(Cl)cccc1Cl)NC(=O)c1ccccc1F. The minimum atomic E-state index is -1.06. The summed E-state index contributed by atoms with van der Waals surface area (Å²) >= 11 is 12.2. The van der Waals surface area contributed by atoms with E-state index in [0.29, 0.717) is 15.6 Å². The average Bonchev–Trinajstić information content (AvgIpc) is 2.56. The van der Waals surface area contributed by atoms with Gasteiger partial charge in [-0.05, 0) is 29.8 Å². The summed E-state index contributed by atoms with van der Waals surface area (Å²) in [7, 11) is 1.19. The molecule has 0 bridgehead atoms. The van der Waals surface area contributed by atoms with Crippen molar-refractivity contribution < 1.29 is 18.7 Å². The second-order valence-electron chi connectivity index (χ2n) is 4.93. The quantitative estimate of drug-likeness (QED) is 0.818. The number of nitrogens with one attached hydrogen (secondary N) is 1. The summed E-state index contributed by atoms with van der Waals surface area (Å²) in [6, 6.07) is 9.32. The standard InChI is InChI=1S/C17H14Cl2FNO3/c1-24-17(23)15(9-11-12(18)6-4-7-13(11)19)21-16(22)10-5-2-3-8-14(10)20/h2-8,15H,9H2,1H3,(H,21,22)/t15-/m1/s1. The molecule has 1 atom stereocenters. The molecule has 0 unspecified atom stereocenters. The van der Waals surface area contributed by atoms with Crippen LogP contribution in [0.3, 0.4) is 0 Å². The molecular weight excluding hydrogens is 356 g/mol. The Morgan fingerprint density at radius 3 is 2.33 bits per heavy atom. The molecule has 0 saturated carbocycles. The molecule has 0 saturated heterocycles. The van der Waals surface area contributed by atoms with Crippen molar-refractivity contribution >= 4 is 35.1 Å². The lowest BCUT2D eigenvalue weighted by Gasteiger charge is -2.18. The molecule has 0 aliphatic heterocycles. The van der Waals surface area contributed by atoms with Gasteiger partial charge in [-0.1, -0.05) is 41.4 Å². The van der Waals surface area contributed by atoms with Crippen molar-refractivity contribution in [3.8, 4) is 0 Å². The van der Waals surface area contributed by atoms with E-state index in [0.717, 1.165) is 6.07 Å². The second-order valence-corrected chi connectivity index (χ2v) is 5.75. The Hall–Kier alpha value is -2.11. The Bertz CT molecular complexity index is 747. The molecule has 1 amide bonds. The van der Waals surface area contributed by atoms with Gasteiger partial charge in [-0.2, -0.15) is 0 Å². The summed E-state index contributed by atoms with van der Waals surface area (Å²) in [6.45, 7) is 0. The predicted octanol–water partition coefficient (Wildman–Crippen LogP) is 3.65. The van der Waals surface area contributed by atoms with Gasteiger partial charge in [0, 0.05) is 16.5 Å². The minimum Gasteiger partial charge on any atom is -0.467 e. The van der Waals surface area contributed by atoms with Crippen LogP contribution in [0.2, 0.25) is 10.0 Å². The van der Waals surface area contributed by atoms with Gasteiger partial charge in [0.1, 0.15) is 11.9 Å². The minimum absolute atomic E-state index is 0.0192. The van der Waals surface area contributed by atoms with Crippen LogP contribution in [0.4, 0.5) is 4.39 Å². The molecule has 0 fully saturated rings. The van der Waals surface area contributed by atoms with E-state index in [9.17, 15) is 14.0 Å². The predicted molar refractivity (Wildman–Crippen MR) is 89.8 cm³/mol. The molecule has 126 valence electrons. The Morgan fingerprint density at radius 2 is 1.75 bits per heavy atom. The fourth-order valence-corrected chi connectivity index (χ4v) is 2.70. The Kier molecular flexibility index (Phi) is 6.17. The number of ether oxygens (including phenoxy) is 1. The molecule has 0 aliphatic carbocycles. The maximum Gasteiger partial charge on any atom is 0.328 e. The topological polar surface area (TPSA) is 55.4 Å². The number of carbonyl (C=O) groups excluding carboxylic acids is 2. The highest BCUT2D eigenvalue weighted by Gasteiger charge is 2.25. The number of hydrogen-bond donors (Lipinski definition) is 1. The van der Waals surface area contributed by atoms with Gasteiger partial charge in [0.25, 0.3) is 5.91 Å². The zero-order chi connectivity index (χ0) is 17.7. The summed E-state index contributed by atoms with van der Waals surface area (Å²) < 4.78 is 18.4. The summed E-state index contributed by atoms with van der Waals surface area (Å²) in [5.74, 6) is -2.10. The van der Waals surface area contributed by atoms with Gasteiger partial charge in [-0.3, -0.25) is 4.79 Å². The molecule has 1 N–H and O–H groups in total. The molecule has 0 heterocycles. The van der Waals surface area contributed by atoms with Crippen LogP contribution in [0.1, 0.15) is 15.9 Å².